The van der Waals surface area contributed by atoms with Crippen LogP contribution < -0.4 is 56.2 Å². The molecule has 20 atom stereocenters. The molecule has 0 unspecified atom stereocenters. The van der Waals surface area contributed by atoms with Crippen molar-refractivity contribution in [3.05, 3.63) is 166 Å². The lowest BCUT2D eigenvalue weighted by Crippen LogP contribution is -2.42. The van der Waals surface area contributed by atoms with E-state index in [1.807, 2.05) is 0 Å². The molecular weight excluding hydrogens is 1690 g/mol. The highest BCUT2D eigenvalue weighted by atomic mass is 127. The van der Waals surface area contributed by atoms with Crippen molar-refractivity contribution < 1.29 is 59.1 Å². The van der Waals surface area contributed by atoms with Gasteiger partial charge in [-0.1, -0.05) is 38.5 Å². The minimum atomic E-state index is -1.30. The number of ether oxygens (including phenoxy) is 6. The van der Waals surface area contributed by atoms with Crippen LogP contribution in [0, 0.1) is 0 Å². The van der Waals surface area contributed by atoms with E-state index in [1.54, 1.807) is 6.92 Å². The highest BCUT2D eigenvalue weighted by molar-refractivity contribution is 14.1. The summed E-state index contributed by atoms with van der Waals surface area (Å²) in [5.41, 5.74) is -7.06. The summed E-state index contributed by atoms with van der Waals surface area (Å²) >= 11 is 11.7. The van der Waals surface area contributed by atoms with Crippen molar-refractivity contribution in [3.63, 3.8) is 0 Å². The third-order valence-corrected chi connectivity index (χ3v) is 28.7. The molecule has 0 aromatic carbocycles. The molecule has 6 fully saturated rings. The van der Waals surface area contributed by atoms with Crippen LogP contribution in [0.2, 0.25) is 0 Å². The molecule has 600 valence electrons. The number of nitrogens with zero attached hydrogens (tertiary/aromatic N) is 5. The van der Waals surface area contributed by atoms with Gasteiger partial charge in [-0.05, 0) is 136 Å². The van der Waals surface area contributed by atoms with Gasteiger partial charge in [-0.15, -0.1) is 77.5 Å². The first-order chi connectivity index (χ1) is 49.3. The van der Waals surface area contributed by atoms with Crippen molar-refractivity contribution in [3.8, 4) is 0 Å². The SMILES string of the molecule is C=P(C)(C)CC[C@@]1(C)O[C@@H](n2ccc(=O)[nH]c2=O)[C@H](O)[C@@H]1O.C=P(C)(C)CC[C@@]12CO[C@@H]([C@H](n3ccc(=O)[nH]c3=O)O1)[C@@H]2O.C=P(C)(C)CC[C@H]1O[C@@H](n2ccc(=O)[nH]c2=O)[C@H](Br)[C@@H]1O.C=P(C)(C)CC[C@H]1O[C@@H](n2ccc(=O)[nH]c2=O)[C@H](Cl)[C@@H]1O.C=P(C)(C)CC[C@H]1O[C@@H](n2ccc(=O)[nH]c2=O)[C@H](I)[C@@H]1O. The molecule has 0 aliphatic carbocycles. The van der Waals surface area contributed by atoms with Crippen LogP contribution in [0.5, 0.6) is 0 Å². The number of aliphatic hydroxyl groups is 6. The zero-order valence-electron chi connectivity index (χ0n) is 61.8. The summed E-state index contributed by atoms with van der Waals surface area (Å²) in [5, 5.41) is 61.1. The fourth-order valence-corrected chi connectivity index (χ4v) is 19.2. The minimum absolute atomic E-state index is 0.248. The van der Waals surface area contributed by atoms with Crippen LogP contribution in [0.15, 0.2) is 109 Å². The molecule has 0 amide bonds. The molecule has 40 heteroatoms. The monoisotopic (exact) mass is 1800 g/mol. The van der Waals surface area contributed by atoms with Gasteiger partial charge in [-0.3, -0.25) is 71.7 Å². The molecule has 5 aromatic heterocycles. The number of fused-ring (bicyclic) bond motifs is 2. The maximum atomic E-state index is 11.9. The summed E-state index contributed by atoms with van der Waals surface area (Å²) in [7, 11) is 0. The molecule has 6 saturated heterocycles. The molecule has 5 aromatic rings. The number of hydrogen-bond donors (Lipinski definition) is 11. The largest absolute Gasteiger partial charge is 0.389 e. The molecule has 2 bridgehead atoms. The molecule has 0 saturated carbocycles. The molecule has 0 radical (unpaired) electrons. The number of aromatic nitrogens is 10. The first kappa shape index (κ1) is 90.1. The summed E-state index contributed by atoms with van der Waals surface area (Å²) in [4.78, 5) is 125. The Morgan fingerprint density at radius 1 is 0.458 bits per heavy atom. The van der Waals surface area contributed by atoms with Crippen LogP contribution in [0.4, 0.5) is 0 Å². The molecule has 107 heavy (non-hydrogen) atoms. The van der Waals surface area contributed by atoms with Crippen molar-refractivity contribution >= 4 is 116 Å². The number of nitrogens with one attached hydrogen (secondary N) is 5. The van der Waals surface area contributed by atoms with Crippen LogP contribution in [0.1, 0.15) is 70.2 Å². The van der Waals surface area contributed by atoms with E-state index < -0.39 is 192 Å². The molecule has 11 rings (SSSR count). The molecule has 0 spiro atoms. The predicted octanol–water partition coefficient (Wildman–Crippen LogP) is 1.17. The Labute approximate surface area is 644 Å². The van der Waals surface area contributed by atoms with Gasteiger partial charge in [0.1, 0.15) is 41.5 Å². The highest BCUT2D eigenvalue weighted by Gasteiger charge is 2.61. The predicted molar refractivity (Wildman–Crippen MR) is 443 cm³/mol. The maximum absolute atomic E-state index is 11.9. The Morgan fingerprint density at radius 2 is 0.785 bits per heavy atom. The number of alkyl halides is 3. The third-order valence-electron chi connectivity index (χ3n) is 18.6. The van der Waals surface area contributed by atoms with Gasteiger partial charge >= 0.3 is 28.4 Å². The van der Waals surface area contributed by atoms with Crippen molar-refractivity contribution in [2.45, 2.75) is 157 Å². The van der Waals surface area contributed by atoms with Crippen molar-refractivity contribution in [1.29, 1.82) is 0 Å². The lowest BCUT2D eigenvalue weighted by atomic mass is 9.95. The van der Waals surface area contributed by atoms with Gasteiger partial charge in [0.15, 0.2) is 31.1 Å². The zero-order chi connectivity index (χ0) is 80.2. The smallest absolute Gasteiger partial charge is 0.330 e. The number of aliphatic hydroxyl groups excluding tert-OH is 6. The summed E-state index contributed by atoms with van der Waals surface area (Å²) in [5.74, 6) is 0. The number of rotatable bonds is 20. The Balaban J connectivity index is 0.000000187. The number of H-pyrrole nitrogens is 5. The van der Waals surface area contributed by atoms with E-state index in [9.17, 15) is 78.6 Å². The van der Waals surface area contributed by atoms with Gasteiger partial charge < -0.3 is 59.1 Å². The molecule has 6 aliphatic rings. The summed E-state index contributed by atoms with van der Waals surface area (Å²) in [6.07, 6.45) is 24.2. The maximum Gasteiger partial charge on any atom is 0.330 e. The van der Waals surface area contributed by atoms with Crippen molar-refractivity contribution in [1.82, 2.24) is 47.8 Å². The highest BCUT2D eigenvalue weighted by Crippen LogP contribution is 2.50. The summed E-state index contributed by atoms with van der Waals surface area (Å²) in [6, 6.07) is 6.18. The van der Waals surface area contributed by atoms with Gasteiger partial charge in [0, 0.05) is 61.3 Å². The first-order valence-corrected chi connectivity index (χ1v) is 52.1. The third kappa shape index (κ3) is 24.2. The standard InChI is InChI=1S/C14H21N2O5P.C14H23N2O5P.C13H20BrN2O4P.C13H20ClN2O4P.C13H20IN2O4P/c1-22(2,3)7-5-14-8-20-10(11(14)18)12(21-14)16-6-4-9(17)15-13(16)19;1-14(6-8-22(2,3)4)11(19)10(18)12(21-14)16-7-5-9(17)15-13(16)20;3*1-21(2,3)7-5-8-11(18)10(14)12(20-8)16-6-4-9(17)15-13(16)19/h4,6,10-12,18H,1,5,7-8H2,2-3H3,(H,15,17,19);5,7,10-12,18-19H,2,6,8H2,1,3-4H3,(H,15,17,20);3*4,6,8,10-12,18H,1,5,7H2,2-3H3,(H,15,17,19)/t10-,11+,12-,14+;10-,11+,12-,14-;3*8-,10-,11-,12-/m11111/s1. The second-order valence-corrected chi connectivity index (χ2v) is 55.9. The first-order valence-electron chi connectivity index (χ1n) is 34.2. The van der Waals surface area contributed by atoms with Gasteiger partial charge in [-0.2, -0.15) is 0 Å². The van der Waals surface area contributed by atoms with Gasteiger partial charge in [0.25, 0.3) is 27.8 Å². The zero-order valence-corrected chi connectivity index (χ0v) is 70.8. The van der Waals surface area contributed by atoms with E-state index in [0.29, 0.717) is 32.3 Å². The van der Waals surface area contributed by atoms with Crippen molar-refractivity contribution in [2.75, 3.05) is 104 Å². The van der Waals surface area contributed by atoms with Gasteiger partial charge in [0.05, 0.1) is 51.5 Å². The van der Waals surface area contributed by atoms with E-state index >= 15 is 0 Å². The van der Waals surface area contributed by atoms with Crippen LogP contribution in [0.25, 0.3) is 0 Å². The van der Waals surface area contributed by atoms with Crippen molar-refractivity contribution in [2.24, 2.45) is 0 Å². The molecule has 32 nitrogen and oxygen atoms in total. The van der Waals surface area contributed by atoms with Gasteiger partial charge in [-0.25, -0.2) is 24.0 Å². The van der Waals surface area contributed by atoms with Crippen LogP contribution in [-0.2, 0) is 28.4 Å². The Kier molecular flexibility index (Phi) is 30.6. The normalized spacial score (nSPS) is 31.2. The van der Waals surface area contributed by atoms with E-state index in [1.165, 1.54) is 79.6 Å². The Hall–Kier alpha value is -4.08. The van der Waals surface area contributed by atoms with Crippen LogP contribution in [0.3, 0.4) is 0 Å². The second-order valence-electron chi connectivity index (χ2n) is 31.3. The summed E-state index contributed by atoms with van der Waals surface area (Å²) in [6.45, 7) is 17.0. The lowest BCUT2D eigenvalue weighted by Gasteiger charge is -2.32. The van der Waals surface area contributed by atoms with E-state index in [2.05, 4.69) is 162 Å². The number of halogens is 3. The second kappa shape index (κ2) is 36.4. The quantitative estimate of drug-likeness (QED) is 0.0296. The Morgan fingerprint density at radius 3 is 1.18 bits per heavy atom. The summed E-state index contributed by atoms with van der Waals surface area (Å²) < 4.78 is 40.8. The number of hydrogen-bond acceptors (Lipinski definition) is 22. The minimum Gasteiger partial charge on any atom is -0.389 e. The average Bonchev–Trinajstić information content (AvgIpc) is 1.58. The topological polar surface area (TPSA) is 451 Å². The van der Waals surface area contributed by atoms with Gasteiger partial charge in [0.2, 0.25) is 0 Å². The fraction of sp³-hybridized carbons (Fsp3) is 0.627. The number of aromatic amines is 5. The van der Waals surface area contributed by atoms with E-state index in [4.69, 9.17) is 40.0 Å². The molecule has 6 aliphatic heterocycles. The van der Waals surface area contributed by atoms with Crippen LogP contribution in [-0.4, -0.2) is 300 Å². The lowest BCUT2D eigenvalue weighted by molar-refractivity contribution is -0.175. The Bertz CT molecular complexity index is 4480. The fourth-order valence-electron chi connectivity index (χ4n) is 12.3. The molecule has 11 N–H and O–H groups in total. The molecule has 11 heterocycles. The van der Waals surface area contributed by atoms with E-state index in [0.717, 1.165) is 41.8 Å². The van der Waals surface area contributed by atoms with E-state index in [-0.39, 0.29) is 16.1 Å². The van der Waals surface area contributed by atoms with Crippen LogP contribution >= 0.6 is 84.6 Å². The molecular formula is C67H104BrClIN10O22P5. The average molecular weight is 1800 g/mol.